The molecule has 1 aromatic carbocycles. The molecular weight excluding hydrogens is 222 g/mol. The molecule has 0 spiro atoms. The molecule has 0 saturated heterocycles. The third-order valence-electron chi connectivity index (χ3n) is 2.52. The smallest absolute Gasteiger partial charge is 0.157 e. The van der Waals surface area contributed by atoms with Crippen LogP contribution in [0.25, 0.3) is 0 Å². The lowest BCUT2D eigenvalue weighted by Gasteiger charge is -2.16. The van der Waals surface area contributed by atoms with E-state index in [-0.39, 0.29) is 5.75 Å². The number of benzene rings is 1. The first kappa shape index (κ1) is 13.2. The third-order valence-corrected chi connectivity index (χ3v) is 4.87. The molecule has 1 atom stereocenters. The van der Waals surface area contributed by atoms with E-state index in [0.29, 0.717) is 19.4 Å². The summed E-state index contributed by atoms with van der Waals surface area (Å²) in [6, 6.07) is 9.32. The molecule has 90 valence electrons. The maximum absolute atomic E-state index is 12.1. The first-order chi connectivity index (χ1) is 7.61. The topological polar surface area (TPSA) is 60.2 Å². The Morgan fingerprint density at radius 2 is 1.88 bits per heavy atom. The largest absolute Gasteiger partial charge is 0.330 e. The zero-order valence-electron chi connectivity index (χ0n) is 9.59. The second kappa shape index (κ2) is 6.01. The van der Waals surface area contributed by atoms with Gasteiger partial charge in [-0.15, -0.1) is 0 Å². The lowest BCUT2D eigenvalue weighted by Crippen LogP contribution is -2.19. The minimum absolute atomic E-state index is 0.229. The molecule has 16 heavy (non-hydrogen) atoms. The van der Waals surface area contributed by atoms with Gasteiger partial charge >= 0.3 is 0 Å². The van der Waals surface area contributed by atoms with E-state index in [2.05, 4.69) is 0 Å². The van der Waals surface area contributed by atoms with Crippen LogP contribution in [0.15, 0.2) is 30.3 Å². The highest BCUT2D eigenvalue weighted by atomic mass is 32.2. The molecule has 0 bridgehead atoms. The number of hydrogen-bond acceptors (Lipinski definition) is 3. The van der Waals surface area contributed by atoms with Gasteiger partial charge in [-0.05, 0) is 24.9 Å². The predicted octanol–water partition coefficient (Wildman–Crippen LogP) is 1.90. The first-order valence-corrected chi connectivity index (χ1v) is 7.30. The highest BCUT2D eigenvalue weighted by Crippen LogP contribution is 2.26. The second-order valence-electron chi connectivity index (χ2n) is 3.84. The van der Waals surface area contributed by atoms with E-state index in [0.717, 1.165) is 5.56 Å². The SMILES string of the molecule is CCCS(=O)(=O)C(CCN)c1ccccc1. The van der Waals surface area contributed by atoms with Crippen molar-refractivity contribution in [1.82, 2.24) is 0 Å². The molecule has 0 amide bonds. The van der Waals surface area contributed by atoms with Crippen molar-refractivity contribution >= 4 is 9.84 Å². The number of rotatable bonds is 6. The number of hydrogen-bond donors (Lipinski definition) is 1. The van der Waals surface area contributed by atoms with Gasteiger partial charge in [0.05, 0.1) is 11.0 Å². The molecule has 0 aliphatic heterocycles. The van der Waals surface area contributed by atoms with Crippen LogP contribution in [0.1, 0.15) is 30.6 Å². The molecule has 2 N–H and O–H groups in total. The van der Waals surface area contributed by atoms with Gasteiger partial charge in [-0.2, -0.15) is 0 Å². The summed E-state index contributed by atoms with van der Waals surface area (Å²) in [7, 11) is -3.07. The maximum Gasteiger partial charge on any atom is 0.157 e. The van der Waals surface area contributed by atoms with Gasteiger partial charge in [-0.25, -0.2) is 8.42 Å². The third kappa shape index (κ3) is 3.32. The summed E-state index contributed by atoms with van der Waals surface area (Å²) < 4.78 is 24.1. The van der Waals surface area contributed by atoms with Gasteiger partial charge in [0.1, 0.15) is 0 Å². The van der Waals surface area contributed by atoms with E-state index in [1.54, 1.807) is 0 Å². The van der Waals surface area contributed by atoms with Crippen molar-refractivity contribution in [2.24, 2.45) is 5.73 Å². The summed E-state index contributed by atoms with van der Waals surface area (Å²) in [5.74, 6) is 0.229. The molecule has 0 heterocycles. The summed E-state index contributed by atoms with van der Waals surface area (Å²) in [4.78, 5) is 0. The van der Waals surface area contributed by atoms with Crippen LogP contribution in [0.2, 0.25) is 0 Å². The molecule has 0 saturated carbocycles. The normalized spacial score (nSPS) is 13.6. The van der Waals surface area contributed by atoms with Crippen LogP contribution in [-0.2, 0) is 9.84 Å². The Labute approximate surface area is 97.6 Å². The van der Waals surface area contributed by atoms with E-state index < -0.39 is 15.1 Å². The van der Waals surface area contributed by atoms with Crippen molar-refractivity contribution in [3.05, 3.63) is 35.9 Å². The van der Waals surface area contributed by atoms with E-state index in [9.17, 15) is 8.42 Å². The summed E-state index contributed by atoms with van der Waals surface area (Å²) in [6.45, 7) is 2.27. The van der Waals surface area contributed by atoms with Crippen LogP contribution in [0, 0.1) is 0 Å². The highest BCUT2D eigenvalue weighted by Gasteiger charge is 2.25. The molecule has 0 aliphatic carbocycles. The Bertz CT molecular complexity index is 400. The van der Waals surface area contributed by atoms with Gasteiger partial charge in [0.2, 0.25) is 0 Å². The lowest BCUT2D eigenvalue weighted by molar-refractivity contribution is 0.575. The average molecular weight is 241 g/mol. The van der Waals surface area contributed by atoms with Crippen molar-refractivity contribution in [1.29, 1.82) is 0 Å². The molecule has 0 aliphatic rings. The zero-order chi connectivity index (χ0) is 12.0. The van der Waals surface area contributed by atoms with Crippen molar-refractivity contribution in [2.75, 3.05) is 12.3 Å². The maximum atomic E-state index is 12.1. The van der Waals surface area contributed by atoms with Crippen molar-refractivity contribution in [2.45, 2.75) is 25.0 Å². The Hall–Kier alpha value is -0.870. The standard InChI is InChI=1S/C12H19NO2S/c1-2-10-16(14,15)12(8-9-13)11-6-4-3-5-7-11/h3-7,12H,2,8-10,13H2,1H3. The Kier molecular flexibility index (Phi) is 4.96. The predicted molar refractivity (Wildman–Crippen MR) is 66.9 cm³/mol. The first-order valence-electron chi connectivity index (χ1n) is 5.58. The average Bonchev–Trinajstić information content (AvgIpc) is 2.27. The van der Waals surface area contributed by atoms with Crippen molar-refractivity contribution < 1.29 is 8.42 Å². The summed E-state index contributed by atoms with van der Waals surface area (Å²) in [5, 5.41) is -0.446. The van der Waals surface area contributed by atoms with Crippen LogP contribution in [-0.4, -0.2) is 20.7 Å². The fraction of sp³-hybridized carbons (Fsp3) is 0.500. The van der Waals surface area contributed by atoms with E-state index in [4.69, 9.17) is 5.73 Å². The monoisotopic (exact) mass is 241 g/mol. The zero-order valence-corrected chi connectivity index (χ0v) is 10.4. The van der Waals surface area contributed by atoms with Crippen LogP contribution in [0.5, 0.6) is 0 Å². The van der Waals surface area contributed by atoms with Gasteiger partial charge in [0.25, 0.3) is 0 Å². The molecular formula is C12H19NO2S. The fourth-order valence-corrected chi connectivity index (χ4v) is 3.72. The second-order valence-corrected chi connectivity index (χ2v) is 6.15. The van der Waals surface area contributed by atoms with Gasteiger partial charge in [0.15, 0.2) is 9.84 Å². The molecule has 1 unspecified atom stereocenters. The van der Waals surface area contributed by atoms with Crippen LogP contribution < -0.4 is 5.73 Å². The van der Waals surface area contributed by atoms with Crippen LogP contribution in [0.3, 0.4) is 0 Å². The van der Waals surface area contributed by atoms with Crippen LogP contribution in [0.4, 0.5) is 0 Å². The Morgan fingerprint density at radius 1 is 1.25 bits per heavy atom. The summed E-state index contributed by atoms with van der Waals surface area (Å²) in [5.41, 5.74) is 6.34. The Balaban J connectivity index is 3.00. The van der Waals surface area contributed by atoms with E-state index >= 15 is 0 Å². The van der Waals surface area contributed by atoms with E-state index in [1.165, 1.54) is 0 Å². The molecule has 0 aromatic heterocycles. The molecule has 3 nitrogen and oxygen atoms in total. The summed E-state index contributed by atoms with van der Waals surface area (Å²) in [6.07, 6.45) is 1.14. The van der Waals surface area contributed by atoms with Gasteiger partial charge in [-0.1, -0.05) is 37.3 Å². The number of sulfone groups is 1. The fourth-order valence-electron chi connectivity index (χ4n) is 1.80. The lowest BCUT2D eigenvalue weighted by atomic mass is 10.1. The van der Waals surface area contributed by atoms with Gasteiger partial charge in [-0.3, -0.25) is 0 Å². The number of nitrogens with two attached hydrogens (primary N) is 1. The molecule has 0 fully saturated rings. The molecule has 1 aromatic rings. The molecule has 0 radical (unpaired) electrons. The summed E-state index contributed by atoms with van der Waals surface area (Å²) >= 11 is 0. The Morgan fingerprint density at radius 3 is 2.38 bits per heavy atom. The van der Waals surface area contributed by atoms with Crippen molar-refractivity contribution in [3.63, 3.8) is 0 Å². The molecule has 4 heteroatoms. The minimum Gasteiger partial charge on any atom is -0.330 e. The quantitative estimate of drug-likeness (QED) is 0.827. The van der Waals surface area contributed by atoms with Gasteiger partial charge < -0.3 is 5.73 Å². The van der Waals surface area contributed by atoms with Crippen LogP contribution >= 0.6 is 0 Å². The minimum atomic E-state index is -3.07. The van der Waals surface area contributed by atoms with Gasteiger partial charge in [0, 0.05) is 0 Å². The van der Waals surface area contributed by atoms with E-state index in [1.807, 2.05) is 37.3 Å². The molecule has 1 rings (SSSR count). The highest BCUT2D eigenvalue weighted by molar-refractivity contribution is 7.91. The van der Waals surface area contributed by atoms with Crippen molar-refractivity contribution in [3.8, 4) is 0 Å².